The van der Waals surface area contributed by atoms with Gasteiger partial charge in [0.1, 0.15) is 5.76 Å². The van der Waals surface area contributed by atoms with Crippen molar-refractivity contribution in [3.05, 3.63) is 89.8 Å². The van der Waals surface area contributed by atoms with Crippen molar-refractivity contribution in [1.82, 2.24) is 4.98 Å². The SMILES string of the molecule is CCC(CC(F)(F)F)C(=O)/C=C(\O)C(C)(CC)CC.[2H]c1nc2c3c(cc4c(CC(C)(C)C)cccc4c3c1[2H])Sc1c-2[c-]c2ccccc2c1CC(C)(C)C.[Ir]. The Morgan fingerprint density at radius 2 is 1.55 bits per heavy atom. The first-order valence-electron chi connectivity index (χ1n) is 20.0. The number of nitrogens with zero attached hydrogens (tertiary/aromatic N) is 1. The van der Waals surface area contributed by atoms with Gasteiger partial charge in [-0.2, -0.15) is 13.2 Å². The van der Waals surface area contributed by atoms with Crippen LogP contribution >= 0.6 is 11.8 Å². The van der Waals surface area contributed by atoms with E-state index in [1.165, 1.54) is 33.7 Å². The Balaban J connectivity index is 0.000000309. The molecule has 1 unspecified atom stereocenters. The number of carbonyl (C=O) groups is 1. The number of hydrogen-bond acceptors (Lipinski definition) is 4. The summed E-state index contributed by atoms with van der Waals surface area (Å²) in [5.41, 5.74) is 4.08. The van der Waals surface area contributed by atoms with Crippen LogP contribution in [0.3, 0.4) is 0 Å². The summed E-state index contributed by atoms with van der Waals surface area (Å²) in [6.45, 7) is 20.7. The maximum absolute atomic E-state index is 12.3. The molecule has 1 aliphatic heterocycles. The van der Waals surface area contributed by atoms with E-state index in [0.717, 1.165) is 56.6 Å². The molecule has 0 fully saturated rings. The summed E-state index contributed by atoms with van der Waals surface area (Å²) >= 11 is 1.80. The molecular weight excluding hydrogens is 892 g/mol. The molecule has 5 aromatic rings. The van der Waals surface area contributed by atoms with Gasteiger partial charge in [0.15, 0.2) is 5.78 Å². The van der Waals surface area contributed by atoms with Crippen molar-refractivity contribution in [3.8, 4) is 11.3 Å². The van der Waals surface area contributed by atoms with E-state index in [0.29, 0.717) is 12.8 Å². The summed E-state index contributed by atoms with van der Waals surface area (Å²) < 4.78 is 54.6. The monoisotopic (exact) mass is 949 g/mol. The molecule has 0 saturated carbocycles. The van der Waals surface area contributed by atoms with E-state index in [1.807, 2.05) is 13.8 Å². The van der Waals surface area contributed by atoms with Gasteiger partial charge in [-0.25, -0.2) is 0 Å². The number of fused-ring (bicyclic) bond motifs is 5. The van der Waals surface area contributed by atoms with Crippen LogP contribution in [-0.4, -0.2) is 22.1 Å². The van der Waals surface area contributed by atoms with Gasteiger partial charge in [-0.15, -0.1) is 29.3 Å². The van der Waals surface area contributed by atoms with Gasteiger partial charge in [0.2, 0.25) is 0 Å². The fraction of sp³-hybridized carbons (Fsp3) is 0.447. The molecule has 1 radical (unpaired) electrons. The summed E-state index contributed by atoms with van der Waals surface area (Å²) in [6.07, 6.45) is -1.26. The molecular formula is C47H55F3IrNO2S-. The maximum Gasteiger partial charge on any atom is 0.389 e. The molecule has 2 heterocycles. The van der Waals surface area contributed by atoms with E-state index in [4.69, 9.17) is 7.73 Å². The number of benzene rings is 4. The van der Waals surface area contributed by atoms with Gasteiger partial charge in [0.05, 0.1) is 9.16 Å². The van der Waals surface area contributed by atoms with E-state index in [9.17, 15) is 23.1 Å². The minimum absolute atomic E-state index is 0. The largest absolute Gasteiger partial charge is 0.512 e. The molecule has 3 nitrogen and oxygen atoms in total. The Bertz CT molecular complexity index is 2320. The van der Waals surface area contributed by atoms with Crippen LogP contribution in [-0.2, 0) is 37.7 Å². The molecule has 1 aliphatic rings. The van der Waals surface area contributed by atoms with Gasteiger partial charge in [-0.3, -0.25) is 9.78 Å². The van der Waals surface area contributed by atoms with Gasteiger partial charge in [0, 0.05) is 54.3 Å². The van der Waals surface area contributed by atoms with Crippen molar-refractivity contribution in [2.24, 2.45) is 22.2 Å². The van der Waals surface area contributed by atoms with Crippen molar-refractivity contribution in [2.75, 3.05) is 0 Å². The normalized spacial score (nSPS) is 14.5. The predicted octanol–water partition coefficient (Wildman–Crippen LogP) is 14.4. The van der Waals surface area contributed by atoms with E-state index in [-0.39, 0.29) is 55.3 Å². The van der Waals surface area contributed by atoms with Crippen molar-refractivity contribution in [1.29, 1.82) is 0 Å². The number of hydrogen-bond donors (Lipinski definition) is 1. The van der Waals surface area contributed by atoms with Gasteiger partial charge < -0.3 is 5.11 Å². The molecule has 1 N–H and O–H groups in total. The topological polar surface area (TPSA) is 50.2 Å². The second-order valence-electron chi connectivity index (χ2n) is 17.4. The Kier molecular flexibility index (Phi) is 12.9. The Morgan fingerprint density at radius 1 is 0.909 bits per heavy atom. The van der Waals surface area contributed by atoms with Crippen LogP contribution in [0.2, 0.25) is 0 Å². The zero-order valence-electron chi connectivity index (χ0n) is 35.7. The third-order valence-corrected chi connectivity index (χ3v) is 11.7. The molecule has 1 aromatic heterocycles. The number of alkyl halides is 3. The second kappa shape index (κ2) is 17.1. The molecule has 0 saturated heterocycles. The molecule has 297 valence electrons. The number of carbonyl (C=O) groups excluding carboxylic acids is 1. The summed E-state index contributed by atoms with van der Waals surface area (Å²) in [6, 6.07) is 21.1. The van der Waals surface area contributed by atoms with Crippen molar-refractivity contribution >= 4 is 49.9 Å². The van der Waals surface area contributed by atoms with Crippen molar-refractivity contribution < 1.29 is 45.9 Å². The number of halogens is 3. The van der Waals surface area contributed by atoms with Gasteiger partial charge in [-0.05, 0) is 87.0 Å². The number of ketones is 1. The molecule has 8 heteroatoms. The molecule has 55 heavy (non-hydrogen) atoms. The van der Waals surface area contributed by atoms with E-state index < -0.39 is 29.7 Å². The molecule has 6 rings (SSSR count). The number of aliphatic hydroxyl groups is 1. The molecule has 0 bridgehead atoms. The first-order chi connectivity index (χ1) is 26.0. The Morgan fingerprint density at radius 3 is 2.15 bits per heavy atom. The third kappa shape index (κ3) is 10.2. The molecule has 0 spiro atoms. The third-order valence-electron chi connectivity index (χ3n) is 10.5. The standard InChI is InChI=1S/C33H32NS.C14H23F3O2.Ir/c1-32(2,3)18-21-11-9-13-23-24-14-15-34-30-26-16-20-10-7-8-12-22(20)27(19-33(4,5)6)31(26)35-28(29(24)30)17-25(21)23;1-5-10(9-14(15,16)17)11(18)8-12(19)13(4,6-2)7-3;/h7-15,17H,18-19H2,1-6H3;8,10,19H,5-7,9H2,1-4H3;/q-1;;/b;12-8-;/i14D,15D;;. The zero-order chi connectivity index (χ0) is 41.5. The number of aromatic nitrogens is 1. The maximum atomic E-state index is 12.3. The van der Waals surface area contributed by atoms with Crippen molar-refractivity contribution in [3.63, 3.8) is 0 Å². The smallest absolute Gasteiger partial charge is 0.389 e. The van der Waals surface area contributed by atoms with Gasteiger partial charge in [-0.1, -0.05) is 122 Å². The summed E-state index contributed by atoms with van der Waals surface area (Å²) in [4.78, 5) is 18.9. The second-order valence-corrected chi connectivity index (χ2v) is 18.4. The van der Waals surface area contributed by atoms with Crippen LogP contribution in [0, 0.1) is 28.2 Å². The van der Waals surface area contributed by atoms with Crippen LogP contribution in [0.1, 0.15) is 109 Å². The number of aliphatic hydroxyl groups excluding tert-OH is 1. The fourth-order valence-corrected chi connectivity index (χ4v) is 8.44. The molecule has 1 atom stereocenters. The fourth-order valence-electron chi connectivity index (χ4n) is 7.19. The number of allylic oxidation sites excluding steroid dienone is 2. The molecule has 4 aromatic carbocycles. The Hall–Kier alpha value is -3.19. The summed E-state index contributed by atoms with van der Waals surface area (Å²) in [5, 5.41) is 16.3. The van der Waals surface area contributed by atoms with Crippen LogP contribution in [0.15, 0.2) is 82.4 Å². The average molecular weight is 949 g/mol. The van der Waals surface area contributed by atoms with E-state index in [2.05, 4.69) is 96.1 Å². The van der Waals surface area contributed by atoms with Gasteiger partial charge in [0.25, 0.3) is 0 Å². The minimum atomic E-state index is -4.36. The first kappa shape index (κ1) is 41.4. The Labute approximate surface area is 346 Å². The molecule has 0 aliphatic carbocycles. The number of rotatable bonds is 9. The summed E-state index contributed by atoms with van der Waals surface area (Å²) in [7, 11) is 0. The summed E-state index contributed by atoms with van der Waals surface area (Å²) in [5.74, 6) is -1.88. The average Bonchev–Trinajstić information content (AvgIpc) is 3.11. The van der Waals surface area contributed by atoms with Crippen LogP contribution in [0.5, 0.6) is 0 Å². The van der Waals surface area contributed by atoms with Crippen LogP contribution < -0.4 is 0 Å². The first-order valence-corrected chi connectivity index (χ1v) is 19.8. The minimum Gasteiger partial charge on any atom is -0.512 e. The van der Waals surface area contributed by atoms with Gasteiger partial charge >= 0.3 is 6.18 Å². The van der Waals surface area contributed by atoms with Crippen molar-refractivity contribution in [2.45, 2.75) is 124 Å². The number of pyridine rings is 1. The van der Waals surface area contributed by atoms with E-state index >= 15 is 0 Å². The van der Waals surface area contributed by atoms with Crippen LogP contribution in [0.4, 0.5) is 13.2 Å². The zero-order valence-corrected chi connectivity index (χ0v) is 36.9. The van der Waals surface area contributed by atoms with Crippen LogP contribution in [0.25, 0.3) is 43.6 Å². The molecule has 0 amide bonds. The van der Waals surface area contributed by atoms with E-state index in [1.54, 1.807) is 18.7 Å². The quantitative estimate of drug-likeness (QED) is 0.0679. The predicted molar refractivity (Wildman–Crippen MR) is 220 cm³/mol.